The molecule has 2 heterocycles. The Bertz CT molecular complexity index is 521. The Labute approximate surface area is 111 Å². The summed E-state index contributed by atoms with van der Waals surface area (Å²) in [5, 5.41) is 12.1. The topological polar surface area (TPSA) is 65.1 Å². The standard InChI is InChI=1S/C11H11BrN2O2S/c12-10-2-1-7(17-10)5-13-6-9-8(11(15)16)3-4-14-9/h1-4,13-14H,5-6H2,(H,15,16). The Hall–Kier alpha value is -1.11. The highest BCUT2D eigenvalue weighted by atomic mass is 79.9. The van der Waals surface area contributed by atoms with E-state index in [9.17, 15) is 4.79 Å². The van der Waals surface area contributed by atoms with E-state index in [2.05, 4.69) is 26.2 Å². The van der Waals surface area contributed by atoms with Crippen molar-refractivity contribution in [2.24, 2.45) is 0 Å². The number of carboxylic acids is 1. The zero-order chi connectivity index (χ0) is 12.3. The maximum Gasteiger partial charge on any atom is 0.337 e. The number of carboxylic acid groups (broad SMARTS) is 1. The van der Waals surface area contributed by atoms with E-state index in [1.807, 2.05) is 12.1 Å². The predicted molar refractivity (Wildman–Crippen MR) is 70.3 cm³/mol. The molecule has 17 heavy (non-hydrogen) atoms. The van der Waals surface area contributed by atoms with E-state index in [0.29, 0.717) is 17.8 Å². The quantitative estimate of drug-likeness (QED) is 0.795. The number of carbonyl (C=O) groups is 1. The molecule has 0 saturated carbocycles. The summed E-state index contributed by atoms with van der Waals surface area (Å²) in [6, 6.07) is 5.61. The number of nitrogens with one attached hydrogen (secondary N) is 2. The molecule has 0 bridgehead atoms. The van der Waals surface area contributed by atoms with E-state index in [4.69, 9.17) is 5.11 Å². The van der Waals surface area contributed by atoms with Crippen LogP contribution >= 0.6 is 27.3 Å². The van der Waals surface area contributed by atoms with Gasteiger partial charge in [0.1, 0.15) is 0 Å². The summed E-state index contributed by atoms with van der Waals surface area (Å²) in [5.41, 5.74) is 1.03. The van der Waals surface area contributed by atoms with Gasteiger partial charge in [-0.25, -0.2) is 4.79 Å². The van der Waals surface area contributed by atoms with E-state index >= 15 is 0 Å². The number of H-pyrrole nitrogens is 1. The van der Waals surface area contributed by atoms with Gasteiger partial charge < -0.3 is 15.4 Å². The Balaban J connectivity index is 1.90. The second-order valence-electron chi connectivity index (χ2n) is 3.48. The van der Waals surface area contributed by atoms with Crippen molar-refractivity contribution in [3.8, 4) is 0 Å². The molecule has 4 nitrogen and oxygen atoms in total. The van der Waals surface area contributed by atoms with Crippen LogP contribution in [0.1, 0.15) is 20.9 Å². The molecular weight excluding hydrogens is 304 g/mol. The maximum atomic E-state index is 10.9. The SMILES string of the molecule is O=C(O)c1cc[nH]c1CNCc1ccc(Br)s1. The molecule has 2 aromatic rings. The fourth-order valence-corrected chi connectivity index (χ4v) is 2.96. The van der Waals surface area contributed by atoms with Gasteiger partial charge in [-0.3, -0.25) is 0 Å². The minimum Gasteiger partial charge on any atom is -0.478 e. The second-order valence-corrected chi connectivity index (χ2v) is 6.03. The van der Waals surface area contributed by atoms with Crippen molar-refractivity contribution in [1.29, 1.82) is 0 Å². The van der Waals surface area contributed by atoms with Gasteiger partial charge in [0.25, 0.3) is 0 Å². The zero-order valence-electron chi connectivity index (χ0n) is 8.87. The summed E-state index contributed by atoms with van der Waals surface area (Å²) in [4.78, 5) is 15.0. The van der Waals surface area contributed by atoms with Crippen LogP contribution < -0.4 is 5.32 Å². The smallest absolute Gasteiger partial charge is 0.337 e. The molecule has 90 valence electrons. The number of aromatic carboxylic acids is 1. The van der Waals surface area contributed by atoms with E-state index in [0.717, 1.165) is 10.3 Å². The van der Waals surface area contributed by atoms with Crippen LogP contribution in [0.4, 0.5) is 0 Å². The third-order valence-electron chi connectivity index (χ3n) is 2.29. The molecule has 2 rings (SSSR count). The Morgan fingerprint density at radius 3 is 2.88 bits per heavy atom. The average Bonchev–Trinajstić information content (AvgIpc) is 2.87. The summed E-state index contributed by atoms with van der Waals surface area (Å²) in [5.74, 6) is -0.901. The Morgan fingerprint density at radius 2 is 2.24 bits per heavy atom. The van der Waals surface area contributed by atoms with Gasteiger partial charge >= 0.3 is 5.97 Å². The molecule has 0 saturated heterocycles. The van der Waals surface area contributed by atoms with Crippen molar-refractivity contribution in [2.75, 3.05) is 0 Å². The lowest BCUT2D eigenvalue weighted by atomic mass is 10.2. The minimum atomic E-state index is -0.901. The molecule has 0 atom stereocenters. The fourth-order valence-electron chi connectivity index (χ4n) is 1.51. The summed E-state index contributed by atoms with van der Waals surface area (Å²) < 4.78 is 1.10. The molecule has 0 fully saturated rings. The van der Waals surface area contributed by atoms with Crippen LogP contribution in [0, 0.1) is 0 Å². The van der Waals surface area contributed by atoms with Crippen molar-refractivity contribution in [1.82, 2.24) is 10.3 Å². The Morgan fingerprint density at radius 1 is 1.41 bits per heavy atom. The molecule has 0 aromatic carbocycles. The van der Waals surface area contributed by atoms with Crippen molar-refractivity contribution in [2.45, 2.75) is 13.1 Å². The van der Waals surface area contributed by atoms with Crippen LogP contribution in [-0.2, 0) is 13.1 Å². The molecule has 0 aliphatic rings. The van der Waals surface area contributed by atoms with Crippen LogP contribution in [0.15, 0.2) is 28.2 Å². The normalized spacial score (nSPS) is 10.6. The van der Waals surface area contributed by atoms with Crippen molar-refractivity contribution < 1.29 is 9.90 Å². The second kappa shape index (κ2) is 5.48. The third kappa shape index (κ3) is 3.18. The largest absolute Gasteiger partial charge is 0.478 e. The first kappa shape index (κ1) is 12.3. The van der Waals surface area contributed by atoms with Gasteiger partial charge in [0, 0.05) is 29.9 Å². The number of aromatic nitrogens is 1. The van der Waals surface area contributed by atoms with E-state index in [-0.39, 0.29) is 0 Å². The summed E-state index contributed by atoms with van der Waals surface area (Å²) >= 11 is 5.06. The highest BCUT2D eigenvalue weighted by Crippen LogP contribution is 2.21. The molecular formula is C11H11BrN2O2S. The highest BCUT2D eigenvalue weighted by Gasteiger charge is 2.10. The van der Waals surface area contributed by atoms with Crippen LogP contribution in [0.3, 0.4) is 0 Å². The molecule has 2 aromatic heterocycles. The van der Waals surface area contributed by atoms with Gasteiger partial charge in [-0.15, -0.1) is 11.3 Å². The van der Waals surface area contributed by atoms with Crippen molar-refractivity contribution in [3.63, 3.8) is 0 Å². The molecule has 0 aliphatic heterocycles. The first-order chi connectivity index (χ1) is 8.16. The molecule has 0 spiro atoms. The number of thiophene rings is 1. The van der Waals surface area contributed by atoms with E-state index < -0.39 is 5.97 Å². The van der Waals surface area contributed by atoms with Crippen LogP contribution in [0.5, 0.6) is 0 Å². The van der Waals surface area contributed by atoms with E-state index in [1.54, 1.807) is 23.6 Å². The Kier molecular flexibility index (Phi) is 3.98. The van der Waals surface area contributed by atoms with Crippen molar-refractivity contribution >= 4 is 33.2 Å². The van der Waals surface area contributed by atoms with Crippen molar-refractivity contribution in [3.05, 3.63) is 44.3 Å². The average molecular weight is 315 g/mol. The summed E-state index contributed by atoms with van der Waals surface area (Å²) in [6.45, 7) is 1.25. The molecule has 3 N–H and O–H groups in total. The van der Waals surface area contributed by atoms with Gasteiger partial charge in [0.15, 0.2) is 0 Å². The fraction of sp³-hybridized carbons (Fsp3) is 0.182. The third-order valence-corrected chi connectivity index (χ3v) is 3.92. The van der Waals surface area contributed by atoms with Crippen LogP contribution in [-0.4, -0.2) is 16.1 Å². The summed E-state index contributed by atoms with van der Waals surface area (Å²) in [7, 11) is 0. The van der Waals surface area contributed by atoms with Crippen LogP contribution in [0.2, 0.25) is 0 Å². The maximum absolute atomic E-state index is 10.9. The molecule has 0 unspecified atom stereocenters. The van der Waals surface area contributed by atoms with Gasteiger partial charge in [-0.1, -0.05) is 0 Å². The van der Waals surface area contributed by atoms with E-state index in [1.165, 1.54) is 4.88 Å². The van der Waals surface area contributed by atoms with Gasteiger partial charge in [0.05, 0.1) is 9.35 Å². The molecule has 0 radical (unpaired) electrons. The number of halogens is 1. The zero-order valence-corrected chi connectivity index (χ0v) is 11.3. The molecule has 0 aliphatic carbocycles. The first-order valence-electron chi connectivity index (χ1n) is 5.01. The van der Waals surface area contributed by atoms with Gasteiger partial charge in [-0.2, -0.15) is 0 Å². The van der Waals surface area contributed by atoms with Crippen LogP contribution in [0.25, 0.3) is 0 Å². The number of hydrogen-bond acceptors (Lipinski definition) is 3. The predicted octanol–water partition coefficient (Wildman–Crippen LogP) is 2.83. The number of rotatable bonds is 5. The monoisotopic (exact) mass is 314 g/mol. The number of aromatic amines is 1. The number of hydrogen-bond donors (Lipinski definition) is 3. The highest BCUT2D eigenvalue weighted by molar-refractivity contribution is 9.11. The molecule has 0 amide bonds. The lowest BCUT2D eigenvalue weighted by molar-refractivity contribution is 0.0695. The summed E-state index contributed by atoms with van der Waals surface area (Å²) in [6.07, 6.45) is 1.64. The first-order valence-corrected chi connectivity index (χ1v) is 6.62. The lowest BCUT2D eigenvalue weighted by Gasteiger charge is -2.02. The van der Waals surface area contributed by atoms with Gasteiger partial charge in [-0.05, 0) is 34.1 Å². The lowest BCUT2D eigenvalue weighted by Crippen LogP contribution is -2.14. The van der Waals surface area contributed by atoms with Gasteiger partial charge in [0.2, 0.25) is 0 Å². The molecule has 6 heteroatoms. The minimum absolute atomic E-state index is 0.324.